The van der Waals surface area contributed by atoms with Gasteiger partial charge in [0.25, 0.3) is 5.13 Å². The Balaban J connectivity index is 2.21. The Hall–Kier alpha value is -2.53. The lowest BCUT2D eigenvalue weighted by atomic mass is 10.1. The predicted octanol–water partition coefficient (Wildman–Crippen LogP) is 5.97. The number of esters is 1. The number of thioether (sulfide) groups is 1. The van der Waals surface area contributed by atoms with E-state index in [4.69, 9.17) is 4.74 Å². The van der Waals surface area contributed by atoms with Crippen LogP contribution in [-0.2, 0) is 14.3 Å². The topological polar surface area (TPSA) is 109 Å². The van der Waals surface area contributed by atoms with Gasteiger partial charge in [0.15, 0.2) is 4.34 Å². The maximum atomic E-state index is 11.8. The molecule has 0 radical (unpaired) electrons. The molecule has 0 aliphatic carbocycles. The summed E-state index contributed by atoms with van der Waals surface area (Å²) < 4.78 is 5.51. The molecular weight excluding hydrogens is 460 g/mol. The van der Waals surface area contributed by atoms with Gasteiger partial charge in [0.1, 0.15) is 5.69 Å². The molecule has 1 unspecified atom stereocenters. The molecule has 1 amide bonds. The van der Waals surface area contributed by atoms with E-state index in [1.54, 1.807) is 6.92 Å². The Kier molecular flexibility index (Phi) is 11.2. The summed E-state index contributed by atoms with van der Waals surface area (Å²) in [6, 6.07) is 6.17. The van der Waals surface area contributed by atoms with Crippen LogP contribution in [0.3, 0.4) is 0 Å². The van der Waals surface area contributed by atoms with Gasteiger partial charge in [0.05, 0.1) is 18.0 Å². The molecule has 2 aromatic rings. The first-order chi connectivity index (χ1) is 15.9. The van der Waals surface area contributed by atoms with Gasteiger partial charge in [-0.25, -0.2) is 0 Å². The molecule has 0 aliphatic heterocycles. The second kappa shape index (κ2) is 13.9. The molecule has 0 bridgehead atoms. The van der Waals surface area contributed by atoms with Crippen LogP contribution in [0.5, 0.6) is 0 Å². The van der Waals surface area contributed by atoms with Crippen molar-refractivity contribution in [1.29, 1.82) is 0 Å². The molecule has 0 fully saturated rings. The van der Waals surface area contributed by atoms with Gasteiger partial charge in [0.2, 0.25) is 5.91 Å². The Morgan fingerprint density at radius 2 is 2.03 bits per heavy atom. The number of hydrogen-bond acceptors (Lipinski definition) is 10. The standard InChI is InChI=1S/C22H32N6O3S2/c1-6-9-12-28(15(4)7-2)17-10-11-18(19(13-17)23-16(5)29)24-25-21-26-27-22(33-21)32-14-20(30)31-8-3/h10-11,13,15H,6-9,12,14H2,1-5H3,(H,23,29). The van der Waals surface area contributed by atoms with E-state index in [0.29, 0.717) is 33.5 Å². The van der Waals surface area contributed by atoms with Gasteiger partial charge in [-0.3, -0.25) is 9.59 Å². The van der Waals surface area contributed by atoms with Crippen LogP contribution >= 0.6 is 23.1 Å². The molecule has 180 valence electrons. The molecule has 1 aromatic heterocycles. The molecule has 11 heteroatoms. The normalized spacial score (nSPS) is 12.0. The fourth-order valence-electron chi connectivity index (χ4n) is 2.95. The number of rotatable bonds is 13. The van der Waals surface area contributed by atoms with Crippen LogP contribution < -0.4 is 10.2 Å². The van der Waals surface area contributed by atoms with Gasteiger partial charge in [-0.2, -0.15) is 0 Å². The highest BCUT2D eigenvalue weighted by Crippen LogP contribution is 2.34. The highest BCUT2D eigenvalue weighted by molar-refractivity contribution is 8.01. The van der Waals surface area contributed by atoms with Crippen molar-refractivity contribution in [3.8, 4) is 0 Å². The summed E-state index contributed by atoms with van der Waals surface area (Å²) in [7, 11) is 0. The summed E-state index contributed by atoms with van der Waals surface area (Å²) in [5.74, 6) is -0.314. The smallest absolute Gasteiger partial charge is 0.316 e. The van der Waals surface area contributed by atoms with E-state index in [9.17, 15) is 9.59 Å². The second-order valence-electron chi connectivity index (χ2n) is 7.33. The first-order valence-corrected chi connectivity index (χ1v) is 12.9. The van der Waals surface area contributed by atoms with Crippen LogP contribution in [-0.4, -0.2) is 47.0 Å². The van der Waals surface area contributed by atoms with Gasteiger partial charge >= 0.3 is 5.97 Å². The average Bonchev–Trinajstić information content (AvgIpc) is 3.25. The van der Waals surface area contributed by atoms with Gasteiger partial charge in [-0.05, 0) is 44.9 Å². The number of carbonyl (C=O) groups excluding carboxylic acids is 2. The van der Waals surface area contributed by atoms with Gasteiger partial charge in [-0.15, -0.1) is 20.4 Å². The molecule has 1 heterocycles. The highest BCUT2D eigenvalue weighted by atomic mass is 32.2. The van der Waals surface area contributed by atoms with Crippen molar-refractivity contribution in [2.24, 2.45) is 10.2 Å². The number of unbranched alkanes of at least 4 members (excludes halogenated alkanes) is 1. The minimum Gasteiger partial charge on any atom is -0.465 e. The zero-order chi connectivity index (χ0) is 24.2. The molecular formula is C22H32N6O3S2. The number of nitrogens with one attached hydrogen (secondary N) is 1. The van der Waals surface area contributed by atoms with Gasteiger partial charge < -0.3 is 15.0 Å². The maximum absolute atomic E-state index is 11.8. The van der Waals surface area contributed by atoms with E-state index in [1.165, 1.54) is 30.0 Å². The lowest BCUT2D eigenvalue weighted by Crippen LogP contribution is -2.33. The number of nitrogens with zero attached hydrogens (tertiary/aromatic N) is 5. The summed E-state index contributed by atoms with van der Waals surface area (Å²) in [4.78, 5) is 25.6. The number of anilines is 2. The lowest BCUT2D eigenvalue weighted by Gasteiger charge is -2.31. The molecule has 2 rings (SSSR count). The fourth-order valence-corrected chi connectivity index (χ4v) is 4.41. The number of amides is 1. The van der Waals surface area contributed by atoms with E-state index in [2.05, 4.69) is 51.4 Å². The van der Waals surface area contributed by atoms with Crippen LogP contribution in [0.2, 0.25) is 0 Å². The zero-order valence-electron chi connectivity index (χ0n) is 19.8. The van der Waals surface area contributed by atoms with E-state index < -0.39 is 0 Å². The van der Waals surface area contributed by atoms with Crippen molar-refractivity contribution in [2.75, 3.05) is 29.1 Å². The quantitative estimate of drug-likeness (QED) is 0.208. The lowest BCUT2D eigenvalue weighted by molar-refractivity contribution is -0.139. The van der Waals surface area contributed by atoms with Gasteiger partial charge in [0, 0.05) is 25.2 Å². The van der Waals surface area contributed by atoms with Crippen molar-refractivity contribution in [3.63, 3.8) is 0 Å². The number of aromatic nitrogens is 2. The molecule has 0 saturated heterocycles. The Bertz CT molecular complexity index is 950. The number of azo groups is 1. The average molecular weight is 493 g/mol. The fraction of sp³-hybridized carbons (Fsp3) is 0.545. The van der Waals surface area contributed by atoms with Crippen molar-refractivity contribution >= 4 is 57.2 Å². The molecule has 1 aromatic carbocycles. The van der Waals surface area contributed by atoms with Crippen molar-refractivity contribution in [1.82, 2.24) is 10.2 Å². The molecule has 0 spiro atoms. The van der Waals surface area contributed by atoms with Crippen LogP contribution in [0.4, 0.5) is 22.2 Å². The monoisotopic (exact) mass is 492 g/mol. The third-order valence-electron chi connectivity index (χ3n) is 4.76. The number of ether oxygens (including phenoxy) is 1. The maximum Gasteiger partial charge on any atom is 0.316 e. The van der Waals surface area contributed by atoms with E-state index in [-0.39, 0.29) is 17.6 Å². The molecule has 9 nitrogen and oxygen atoms in total. The van der Waals surface area contributed by atoms with Crippen LogP contribution in [0.25, 0.3) is 0 Å². The van der Waals surface area contributed by atoms with Crippen molar-refractivity contribution < 1.29 is 14.3 Å². The minimum atomic E-state index is -0.300. The summed E-state index contributed by atoms with van der Waals surface area (Å²) >= 11 is 2.48. The third kappa shape index (κ3) is 8.73. The molecule has 1 N–H and O–H groups in total. The summed E-state index contributed by atoms with van der Waals surface area (Å²) in [6.45, 7) is 11.1. The minimum absolute atomic E-state index is 0.165. The third-order valence-corrected chi connectivity index (χ3v) is 6.67. The Labute approximate surface area is 203 Å². The Morgan fingerprint density at radius 1 is 1.24 bits per heavy atom. The summed E-state index contributed by atoms with van der Waals surface area (Å²) in [5.41, 5.74) is 2.16. The molecule has 1 atom stereocenters. The van der Waals surface area contributed by atoms with Crippen molar-refractivity contribution in [2.45, 2.75) is 64.3 Å². The predicted molar refractivity (Wildman–Crippen MR) is 134 cm³/mol. The Morgan fingerprint density at radius 3 is 2.70 bits per heavy atom. The van der Waals surface area contributed by atoms with Crippen LogP contribution in [0, 0.1) is 0 Å². The van der Waals surface area contributed by atoms with E-state index in [1.807, 2.05) is 18.2 Å². The first-order valence-electron chi connectivity index (χ1n) is 11.1. The summed E-state index contributed by atoms with van der Waals surface area (Å²) in [6.07, 6.45) is 3.22. The van der Waals surface area contributed by atoms with Crippen molar-refractivity contribution in [3.05, 3.63) is 18.2 Å². The SMILES string of the molecule is CCCCN(c1ccc(N=Nc2nnc(SCC(=O)OCC)s2)c(NC(C)=O)c1)C(C)CC. The molecule has 0 aliphatic rings. The zero-order valence-corrected chi connectivity index (χ0v) is 21.5. The number of benzene rings is 1. The van der Waals surface area contributed by atoms with Gasteiger partial charge in [-0.1, -0.05) is 43.4 Å². The van der Waals surface area contributed by atoms with E-state index >= 15 is 0 Å². The van der Waals surface area contributed by atoms with Crippen LogP contribution in [0.1, 0.15) is 53.9 Å². The second-order valence-corrected chi connectivity index (χ2v) is 9.51. The highest BCUT2D eigenvalue weighted by Gasteiger charge is 2.15. The summed E-state index contributed by atoms with van der Waals surface area (Å²) in [5, 5.41) is 19.7. The number of carbonyl (C=O) groups is 2. The first kappa shape index (κ1) is 26.7. The molecule has 0 saturated carbocycles. The van der Waals surface area contributed by atoms with E-state index in [0.717, 1.165) is 31.5 Å². The van der Waals surface area contributed by atoms with Crippen LogP contribution in [0.15, 0.2) is 32.8 Å². The number of hydrogen-bond donors (Lipinski definition) is 1. The largest absolute Gasteiger partial charge is 0.465 e. The molecule has 33 heavy (non-hydrogen) atoms.